The average molecular weight is 307 g/mol. The summed E-state index contributed by atoms with van der Waals surface area (Å²) in [6.45, 7) is 5.25. The first-order valence-corrected chi connectivity index (χ1v) is 6.33. The Morgan fingerprint density at radius 1 is 1.45 bits per heavy atom. The van der Waals surface area contributed by atoms with Crippen molar-refractivity contribution in [2.45, 2.75) is 51.3 Å². The van der Waals surface area contributed by atoms with Crippen molar-refractivity contribution >= 4 is 23.7 Å². The minimum absolute atomic E-state index is 0.0239. The molecule has 2 unspecified atom stereocenters. The highest BCUT2D eigenvalue weighted by Crippen LogP contribution is 2.13. The number of rotatable bonds is 7. The lowest BCUT2D eigenvalue weighted by molar-refractivity contribution is -0.155. The van der Waals surface area contributed by atoms with E-state index in [9.17, 15) is 9.59 Å². The molecule has 0 saturated carbocycles. The second-order valence-electron chi connectivity index (χ2n) is 5.01. The Morgan fingerprint density at radius 2 is 2.05 bits per heavy atom. The van der Waals surface area contributed by atoms with Gasteiger partial charge in [0.2, 0.25) is 0 Å². The highest BCUT2D eigenvalue weighted by molar-refractivity contribution is 6.13. The highest BCUT2D eigenvalue weighted by Gasteiger charge is 2.29. The van der Waals surface area contributed by atoms with Crippen molar-refractivity contribution in [1.82, 2.24) is 4.84 Å². The van der Waals surface area contributed by atoms with Crippen LogP contribution in [0.4, 0.5) is 0 Å². The summed E-state index contributed by atoms with van der Waals surface area (Å²) in [7, 11) is 1.17. The number of nitrogens with zero attached hydrogens (tertiary/aromatic N) is 3. The van der Waals surface area contributed by atoms with E-state index in [0.29, 0.717) is 0 Å². The van der Waals surface area contributed by atoms with Gasteiger partial charge in [-0.2, -0.15) is 0 Å². The number of ether oxygens (including phenoxy) is 2. The second-order valence-corrected chi connectivity index (χ2v) is 5.23. The van der Waals surface area contributed by atoms with Crippen LogP contribution in [-0.2, 0) is 19.1 Å². The molecule has 0 aromatic rings. The third kappa shape index (κ3) is 7.18. The molecule has 0 aliphatic rings. The van der Waals surface area contributed by atoms with Crippen LogP contribution in [0.25, 0.3) is 10.4 Å². The van der Waals surface area contributed by atoms with E-state index in [1.54, 1.807) is 20.8 Å². The fourth-order valence-electron chi connectivity index (χ4n) is 1.41. The summed E-state index contributed by atoms with van der Waals surface area (Å²) in [4.78, 5) is 27.9. The van der Waals surface area contributed by atoms with Crippen LogP contribution in [0.3, 0.4) is 0 Å². The van der Waals surface area contributed by atoms with Crippen LogP contribution in [0.15, 0.2) is 5.11 Å². The number of hydrogen-bond donors (Lipinski definition) is 1. The molecule has 0 spiro atoms. The summed E-state index contributed by atoms with van der Waals surface area (Å²) in [6.07, 6.45) is 0.188. The quantitative estimate of drug-likeness (QED) is 0.254. The van der Waals surface area contributed by atoms with Gasteiger partial charge in [-0.25, -0.2) is 4.84 Å². The van der Waals surface area contributed by atoms with Gasteiger partial charge in [0, 0.05) is 17.4 Å². The summed E-state index contributed by atoms with van der Waals surface area (Å²) in [5.41, 5.74) is 7.85. The van der Waals surface area contributed by atoms with Crippen molar-refractivity contribution in [2.24, 2.45) is 5.11 Å². The molecule has 0 bridgehead atoms. The molecule has 0 heterocycles. The predicted molar refractivity (Wildman–Crippen MR) is 72.8 cm³/mol. The first-order chi connectivity index (χ1) is 9.25. The lowest BCUT2D eigenvalue weighted by atomic mass is 10.0. The van der Waals surface area contributed by atoms with Gasteiger partial charge >= 0.3 is 11.9 Å². The smallest absolute Gasteiger partial charge is 0.316 e. The predicted octanol–water partition coefficient (Wildman–Crippen LogP) is 2.07. The Balaban J connectivity index is 4.63. The van der Waals surface area contributed by atoms with E-state index in [1.165, 1.54) is 7.11 Å². The Bertz CT molecular complexity index is 390. The largest absolute Gasteiger partial charge is 0.469 e. The molecule has 114 valence electrons. The van der Waals surface area contributed by atoms with E-state index >= 15 is 0 Å². The Kier molecular flexibility index (Phi) is 7.98. The van der Waals surface area contributed by atoms with Crippen LogP contribution >= 0.6 is 11.8 Å². The van der Waals surface area contributed by atoms with Gasteiger partial charge in [-0.15, -0.1) is 0 Å². The van der Waals surface area contributed by atoms with E-state index in [0.717, 1.165) is 0 Å². The zero-order chi connectivity index (χ0) is 15.8. The van der Waals surface area contributed by atoms with Gasteiger partial charge in [-0.3, -0.25) is 9.59 Å². The molecule has 8 nitrogen and oxygen atoms in total. The van der Waals surface area contributed by atoms with Crippen molar-refractivity contribution in [3.8, 4) is 0 Å². The summed E-state index contributed by atoms with van der Waals surface area (Å²) >= 11 is 5.52. The number of hydrogen-bond acceptors (Lipinski definition) is 6. The molecular weight excluding hydrogens is 288 g/mol. The monoisotopic (exact) mass is 306 g/mol. The molecule has 0 rings (SSSR count). The molecule has 2 atom stereocenters. The maximum atomic E-state index is 11.6. The highest BCUT2D eigenvalue weighted by atomic mass is 35.5. The van der Waals surface area contributed by atoms with Gasteiger partial charge < -0.3 is 9.47 Å². The molecule has 0 aliphatic carbocycles. The lowest BCUT2D eigenvalue weighted by Crippen LogP contribution is -2.40. The third-order valence-corrected chi connectivity index (χ3v) is 2.50. The molecule has 0 aromatic heterocycles. The van der Waals surface area contributed by atoms with Crippen LogP contribution in [0.2, 0.25) is 0 Å². The fourth-order valence-corrected chi connectivity index (χ4v) is 1.63. The SMILES string of the molecule is COC(=O)C(N=[N+]=[N-])C(CCC(=O)OC(C)(C)C)NCl. The molecule has 1 N–H and O–H groups in total. The first-order valence-electron chi connectivity index (χ1n) is 5.95. The van der Waals surface area contributed by atoms with Crippen molar-refractivity contribution in [1.29, 1.82) is 0 Å². The number of carbonyl (C=O) groups is 2. The minimum Gasteiger partial charge on any atom is -0.469 e. The summed E-state index contributed by atoms with van der Waals surface area (Å²) < 4.78 is 9.65. The Hall–Kier alpha value is -1.50. The summed E-state index contributed by atoms with van der Waals surface area (Å²) in [6, 6.07) is -1.88. The third-order valence-electron chi connectivity index (χ3n) is 2.22. The van der Waals surface area contributed by atoms with Crippen LogP contribution in [0.1, 0.15) is 33.6 Å². The average Bonchev–Trinajstić information content (AvgIpc) is 2.35. The lowest BCUT2D eigenvalue weighted by Gasteiger charge is -2.22. The van der Waals surface area contributed by atoms with E-state index in [2.05, 4.69) is 19.6 Å². The van der Waals surface area contributed by atoms with E-state index < -0.39 is 29.6 Å². The molecular formula is C11H19ClN4O4. The normalized spacial score (nSPS) is 13.8. The first kappa shape index (κ1) is 18.5. The van der Waals surface area contributed by atoms with Crippen LogP contribution in [-0.4, -0.2) is 36.7 Å². The molecule has 20 heavy (non-hydrogen) atoms. The fraction of sp³-hybridized carbons (Fsp3) is 0.818. The second kappa shape index (κ2) is 8.63. The maximum absolute atomic E-state index is 11.6. The van der Waals surface area contributed by atoms with Gasteiger partial charge in [0.25, 0.3) is 0 Å². The van der Waals surface area contributed by atoms with Gasteiger partial charge in [-0.1, -0.05) is 5.11 Å². The van der Waals surface area contributed by atoms with Crippen LogP contribution in [0, 0.1) is 0 Å². The summed E-state index contributed by atoms with van der Waals surface area (Å²) in [5.74, 6) is -1.16. The van der Waals surface area contributed by atoms with E-state index in [1.807, 2.05) is 0 Å². The number of methoxy groups -OCH3 is 1. The van der Waals surface area contributed by atoms with Gasteiger partial charge in [-0.05, 0) is 44.5 Å². The number of azide groups is 1. The van der Waals surface area contributed by atoms with Crippen molar-refractivity contribution in [2.75, 3.05) is 7.11 Å². The zero-order valence-corrected chi connectivity index (χ0v) is 12.7. The van der Waals surface area contributed by atoms with Crippen molar-refractivity contribution in [3.05, 3.63) is 10.4 Å². The molecule has 0 aliphatic heterocycles. The number of halogens is 1. The molecule has 0 radical (unpaired) electrons. The standard InChI is InChI=1S/C11H19ClN4O4/c1-11(2,3)20-8(17)6-5-7(14-12)9(15-16-13)10(18)19-4/h7,9,14H,5-6H2,1-4H3. The van der Waals surface area contributed by atoms with Gasteiger partial charge in [0.15, 0.2) is 6.04 Å². The van der Waals surface area contributed by atoms with E-state index in [-0.39, 0.29) is 12.8 Å². The molecule has 0 aromatic carbocycles. The zero-order valence-electron chi connectivity index (χ0n) is 11.9. The Morgan fingerprint density at radius 3 is 2.45 bits per heavy atom. The molecule has 0 amide bonds. The molecule has 0 saturated heterocycles. The van der Waals surface area contributed by atoms with Crippen LogP contribution < -0.4 is 4.84 Å². The molecule has 9 heteroatoms. The van der Waals surface area contributed by atoms with Gasteiger partial charge in [0.05, 0.1) is 7.11 Å². The number of carbonyl (C=O) groups excluding carboxylic acids is 2. The minimum atomic E-state index is -1.15. The topological polar surface area (TPSA) is 113 Å². The van der Waals surface area contributed by atoms with Crippen LogP contribution in [0.5, 0.6) is 0 Å². The Labute approximate surface area is 122 Å². The summed E-state index contributed by atoms with van der Waals surface area (Å²) in [5, 5.41) is 3.33. The number of nitrogens with one attached hydrogen (secondary N) is 1. The molecule has 0 fully saturated rings. The van der Waals surface area contributed by atoms with Crippen molar-refractivity contribution < 1.29 is 19.1 Å². The van der Waals surface area contributed by atoms with E-state index in [4.69, 9.17) is 22.0 Å². The van der Waals surface area contributed by atoms with Crippen molar-refractivity contribution in [3.63, 3.8) is 0 Å². The maximum Gasteiger partial charge on any atom is 0.316 e. The number of esters is 2. The van der Waals surface area contributed by atoms with Gasteiger partial charge in [0.1, 0.15) is 5.60 Å².